The number of esters is 1. The van der Waals surface area contributed by atoms with Crippen molar-refractivity contribution < 1.29 is 27.4 Å². The Morgan fingerprint density at radius 1 is 1.06 bits per heavy atom. The molecule has 1 fully saturated rings. The lowest BCUT2D eigenvalue weighted by molar-refractivity contribution is -0.149. The largest absolute Gasteiger partial charge is 0.477 e. The van der Waals surface area contributed by atoms with E-state index in [1.165, 1.54) is 30.3 Å². The highest BCUT2D eigenvalue weighted by atomic mass is 19.1. The highest BCUT2D eigenvalue weighted by Gasteiger charge is 2.29. The second-order valence-electron chi connectivity index (χ2n) is 9.08. The minimum Gasteiger partial charge on any atom is -0.477 e. The molecule has 1 aliphatic heterocycles. The molecule has 6 nitrogen and oxygen atoms in total. The zero-order valence-corrected chi connectivity index (χ0v) is 19.8. The fraction of sp³-hybridized carbons (Fsp3) is 0.370. The maximum Gasteiger partial charge on any atom is 0.308 e. The third-order valence-corrected chi connectivity index (χ3v) is 6.66. The van der Waals surface area contributed by atoms with Gasteiger partial charge in [-0.25, -0.2) is 23.1 Å². The lowest BCUT2D eigenvalue weighted by Gasteiger charge is -2.28. The lowest BCUT2D eigenvalue weighted by atomic mass is 9.87. The molecule has 3 aromatic rings. The van der Waals surface area contributed by atoms with Crippen molar-refractivity contribution in [3.05, 3.63) is 59.5 Å². The zero-order chi connectivity index (χ0) is 25.2. The summed E-state index contributed by atoms with van der Waals surface area (Å²) < 4.78 is 54.6. The van der Waals surface area contributed by atoms with Gasteiger partial charge in [0.25, 0.3) is 0 Å². The molecule has 0 radical (unpaired) electrons. The molecule has 1 aliphatic carbocycles. The average Bonchev–Trinajstić information content (AvgIpc) is 3.27. The summed E-state index contributed by atoms with van der Waals surface area (Å²) in [5.41, 5.74) is 1.58. The number of allylic oxidation sites excluding steroid dienone is 1. The number of H-pyrrole nitrogens is 1. The number of nitrogens with one attached hydrogen (secondary N) is 1. The summed E-state index contributed by atoms with van der Waals surface area (Å²) in [4.78, 5) is 23.3. The first-order valence-corrected chi connectivity index (χ1v) is 12.2. The Kier molecular flexibility index (Phi) is 6.80. The number of halogens is 3. The van der Waals surface area contributed by atoms with Crippen LogP contribution in [0.4, 0.5) is 13.2 Å². The first-order valence-electron chi connectivity index (χ1n) is 12.2. The van der Waals surface area contributed by atoms with Crippen LogP contribution in [0.1, 0.15) is 51.0 Å². The number of rotatable bonds is 5. The van der Waals surface area contributed by atoms with E-state index in [-0.39, 0.29) is 29.4 Å². The van der Waals surface area contributed by atoms with Gasteiger partial charge in [0.15, 0.2) is 5.90 Å². The number of carbonyl (C=O) groups excluding carboxylic acids is 1. The van der Waals surface area contributed by atoms with Crippen LogP contribution in [0.25, 0.3) is 28.0 Å². The summed E-state index contributed by atoms with van der Waals surface area (Å²) in [5.74, 6) is -1.63. The molecule has 9 heteroatoms. The molecular formula is C27H26F3N3O3. The van der Waals surface area contributed by atoms with Gasteiger partial charge in [-0.3, -0.25) is 4.79 Å². The van der Waals surface area contributed by atoms with Gasteiger partial charge >= 0.3 is 5.97 Å². The van der Waals surface area contributed by atoms with E-state index in [0.717, 1.165) is 25.7 Å². The Morgan fingerprint density at radius 3 is 2.47 bits per heavy atom. The van der Waals surface area contributed by atoms with E-state index in [1.807, 2.05) is 0 Å². The van der Waals surface area contributed by atoms with E-state index in [1.54, 1.807) is 13.1 Å². The number of carbonyl (C=O) groups is 1. The second-order valence-corrected chi connectivity index (χ2v) is 9.08. The number of hydrogen-bond acceptors (Lipinski definition) is 5. The van der Waals surface area contributed by atoms with Crippen molar-refractivity contribution in [1.82, 2.24) is 9.97 Å². The maximum atomic E-state index is 15.0. The third kappa shape index (κ3) is 5.01. The van der Waals surface area contributed by atoms with Crippen molar-refractivity contribution in [2.45, 2.75) is 51.6 Å². The highest BCUT2D eigenvalue weighted by Crippen LogP contribution is 2.33. The summed E-state index contributed by atoms with van der Waals surface area (Å²) >= 11 is 0. The number of fused-ring (bicyclic) bond motifs is 1. The van der Waals surface area contributed by atoms with E-state index in [0.29, 0.717) is 47.5 Å². The molecule has 2 aliphatic rings. The van der Waals surface area contributed by atoms with Crippen LogP contribution in [-0.4, -0.2) is 34.5 Å². The normalized spacial score (nSPS) is 20.1. The molecule has 0 atom stereocenters. The van der Waals surface area contributed by atoms with Crippen LogP contribution in [0.15, 0.2) is 41.5 Å². The summed E-state index contributed by atoms with van der Waals surface area (Å²) in [6.07, 6.45) is 5.59. The molecule has 1 saturated carbocycles. The summed E-state index contributed by atoms with van der Waals surface area (Å²) in [5, 5.41) is 0. The number of nitrogens with zero attached hydrogens (tertiary/aromatic N) is 2. The number of aromatic amines is 1. The predicted octanol–water partition coefficient (Wildman–Crippen LogP) is 6.32. The molecule has 0 bridgehead atoms. The van der Waals surface area contributed by atoms with Crippen LogP contribution >= 0.6 is 0 Å². The molecule has 1 aromatic heterocycles. The van der Waals surface area contributed by atoms with Gasteiger partial charge in [-0.1, -0.05) is 0 Å². The number of hydrogen-bond donors (Lipinski definition) is 1. The van der Waals surface area contributed by atoms with E-state index in [2.05, 4.69) is 15.0 Å². The van der Waals surface area contributed by atoms with E-state index < -0.39 is 17.5 Å². The van der Waals surface area contributed by atoms with Crippen molar-refractivity contribution in [2.24, 2.45) is 10.9 Å². The maximum absolute atomic E-state index is 15.0. The summed E-state index contributed by atoms with van der Waals surface area (Å²) in [7, 11) is 0. The lowest BCUT2D eigenvalue weighted by Crippen LogP contribution is -2.29. The van der Waals surface area contributed by atoms with Crippen LogP contribution in [0, 0.1) is 23.4 Å². The van der Waals surface area contributed by atoms with Crippen molar-refractivity contribution in [3.8, 4) is 11.4 Å². The SMILES string of the molecule is CCOC(=O)C1CCC(OC2=NC=C(c3cc(F)c(-c4nc5ccc(F)cc5[nH]4)c(F)c3)CC2)CC1. The second kappa shape index (κ2) is 10.2. The van der Waals surface area contributed by atoms with Gasteiger partial charge in [0.2, 0.25) is 0 Å². The molecule has 0 unspecified atom stereocenters. The van der Waals surface area contributed by atoms with Crippen LogP contribution < -0.4 is 0 Å². The first kappa shape index (κ1) is 24.1. The molecule has 1 N–H and O–H groups in total. The summed E-state index contributed by atoms with van der Waals surface area (Å²) in [6, 6.07) is 6.44. The van der Waals surface area contributed by atoms with Crippen LogP contribution in [0.5, 0.6) is 0 Å². The molecule has 5 rings (SSSR count). The third-order valence-electron chi connectivity index (χ3n) is 6.66. The number of aliphatic imine (C=N–C) groups is 1. The van der Waals surface area contributed by atoms with Crippen LogP contribution in [0.3, 0.4) is 0 Å². The molecule has 0 spiro atoms. The fourth-order valence-electron chi connectivity index (χ4n) is 4.78. The quantitative estimate of drug-likeness (QED) is 0.419. The number of benzene rings is 2. The summed E-state index contributed by atoms with van der Waals surface area (Å²) in [6.45, 7) is 2.19. The molecular weight excluding hydrogens is 471 g/mol. The smallest absolute Gasteiger partial charge is 0.308 e. The highest BCUT2D eigenvalue weighted by molar-refractivity contribution is 5.84. The minimum absolute atomic E-state index is 0.00107. The average molecular weight is 498 g/mol. The van der Waals surface area contributed by atoms with Crippen LogP contribution in [-0.2, 0) is 14.3 Å². The molecule has 0 saturated heterocycles. The molecule has 2 aromatic carbocycles. The van der Waals surface area contributed by atoms with Gasteiger partial charge in [0.1, 0.15) is 29.4 Å². The van der Waals surface area contributed by atoms with Gasteiger partial charge in [0.05, 0.1) is 29.1 Å². The van der Waals surface area contributed by atoms with Crippen molar-refractivity contribution in [2.75, 3.05) is 6.61 Å². The Bertz CT molecular complexity index is 1330. The number of ether oxygens (including phenoxy) is 2. The number of imidazole rings is 1. The monoisotopic (exact) mass is 497 g/mol. The topological polar surface area (TPSA) is 76.6 Å². The molecule has 0 amide bonds. The van der Waals surface area contributed by atoms with E-state index >= 15 is 0 Å². The standard InChI is InChI=1S/C27H26F3N3O3/c1-2-35-27(34)15-3-7-19(8-4-15)36-24-10-5-16(14-31-24)17-11-20(29)25(21(30)12-17)26-32-22-9-6-18(28)13-23(22)33-26/h6,9,11-15,19H,2-5,7-8,10H2,1H3,(H,32,33). The van der Waals surface area contributed by atoms with E-state index in [4.69, 9.17) is 9.47 Å². The van der Waals surface area contributed by atoms with Crippen molar-refractivity contribution in [3.63, 3.8) is 0 Å². The van der Waals surface area contributed by atoms with Crippen molar-refractivity contribution in [1.29, 1.82) is 0 Å². The first-order chi connectivity index (χ1) is 17.4. The molecule has 2 heterocycles. The Morgan fingerprint density at radius 2 is 1.81 bits per heavy atom. The molecule has 36 heavy (non-hydrogen) atoms. The van der Waals surface area contributed by atoms with E-state index in [9.17, 15) is 18.0 Å². The van der Waals surface area contributed by atoms with Gasteiger partial charge in [-0.2, -0.15) is 0 Å². The van der Waals surface area contributed by atoms with Crippen LogP contribution in [0.2, 0.25) is 0 Å². The number of aromatic nitrogens is 2. The fourth-order valence-corrected chi connectivity index (χ4v) is 4.78. The van der Waals surface area contributed by atoms with Crippen molar-refractivity contribution >= 4 is 28.5 Å². The molecule has 188 valence electrons. The van der Waals surface area contributed by atoms with Gasteiger partial charge in [-0.05, 0) is 80.5 Å². The zero-order valence-electron chi connectivity index (χ0n) is 19.8. The van der Waals surface area contributed by atoms with Gasteiger partial charge < -0.3 is 14.5 Å². The Labute approximate surface area is 206 Å². The van der Waals surface area contributed by atoms with Gasteiger partial charge in [0, 0.05) is 12.6 Å². The predicted molar refractivity (Wildman–Crippen MR) is 130 cm³/mol. The Balaban J connectivity index is 1.27. The Hall–Kier alpha value is -3.62. The van der Waals surface area contributed by atoms with Gasteiger partial charge in [-0.15, -0.1) is 0 Å². The minimum atomic E-state index is -0.769.